The second-order valence-electron chi connectivity index (χ2n) is 17.6. The van der Waals surface area contributed by atoms with Crippen LogP contribution in [-0.4, -0.2) is 191 Å². The number of amides is 10. The minimum Gasteiger partial charge on any atom is -0.508 e. The van der Waals surface area contributed by atoms with Gasteiger partial charge in [-0.2, -0.15) is 0 Å². The summed E-state index contributed by atoms with van der Waals surface area (Å²) in [5.41, 5.74) is 11.6. The summed E-state index contributed by atoms with van der Waals surface area (Å²) in [6, 6.07) is -7.96. The van der Waals surface area contributed by atoms with E-state index in [4.69, 9.17) is 11.5 Å². The third-order valence-electron chi connectivity index (χ3n) is 11.3. The first-order chi connectivity index (χ1) is 35.5. The number of nitrogens with one attached hydrogen (secondary N) is 10. The number of aromatic nitrogens is 2. The molecule has 0 spiro atoms. The van der Waals surface area contributed by atoms with Gasteiger partial charge in [-0.25, -0.2) is 9.78 Å². The van der Waals surface area contributed by atoms with Gasteiger partial charge in [0.2, 0.25) is 59.1 Å². The molecule has 31 heteroatoms. The normalized spacial score (nSPS) is 15.8. The monoisotopic (exact) mass is 1080 g/mol. The van der Waals surface area contributed by atoms with Crippen LogP contribution < -0.4 is 59.3 Å². The van der Waals surface area contributed by atoms with Gasteiger partial charge in [0.1, 0.15) is 54.1 Å². The van der Waals surface area contributed by atoms with Crippen LogP contribution in [0.2, 0.25) is 0 Å². The molecular weight excluding hydrogens is 1010 g/mol. The molecule has 0 aliphatic carbocycles. The quantitative estimate of drug-likeness (QED) is 0.0324. The fourth-order valence-electron chi connectivity index (χ4n) is 6.74. The fourth-order valence-corrected chi connectivity index (χ4v) is 6.74. The number of nitrogens with zero attached hydrogens (tertiary/aromatic N) is 1. The molecule has 420 valence electrons. The third kappa shape index (κ3) is 21.7. The third-order valence-corrected chi connectivity index (χ3v) is 11.3. The van der Waals surface area contributed by atoms with E-state index in [0.717, 1.165) is 13.8 Å². The van der Waals surface area contributed by atoms with Gasteiger partial charge >= 0.3 is 11.9 Å². The molecule has 2 aromatic rings. The molecule has 1 aromatic carbocycles. The van der Waals surface area contributed by atoms with Gasteiger partial charge in [0, 0.05) is 24.7 Å². The van der Waals surface area contributed by atoms with Gasteiger partial charge in [-0.15, -0.1) is 0 Å². The van der Waals surface area contributed by atoms with E-state index in [-0.39, 0.29) is 24.3 Å². The average Bonchev–Trinajstić information content (AvgIpc) is 3.86. The SMILES string of the molecule is CC[C@H](C)[C@H](NC(=O)[C@@H](N)[C@@H](C)O)C(=O)N[C@@H](CC(N)=O)C(=O)N[C@@H](CC(=O)O)C(=O)NCC(=O)NCC(=O)N[C@H](C(=O)N[C@@H](Cc1cnc[nH]1)C(=O)N[C@H](C(=O)N[C@@H](Cc1ccc(O)cc1)C(=O)O)[C@@H](C)O)[C@@H](C)O. The number of hydrogen-bond donors (Lipinski definition) is 18. The van der Waals surface area contributed by atoms with Crippen LogP contribution in [0.3, 0.4) is 0 Å². The molecule has 10 amide bonds. The van der Waals surface area contributed by atoms with Crippen molar-refractivity contribution in [3.8, 4) is 5.75 Å². The van der Waals surface area contributed by atoms with Crippen molar-refractivity contribution in [1.29, 1.82) is 0 Å². The number of phenols is 1. The second kappa shape index (κ2) is 30.8. The van der Waals surface area contributed by atoms with E-state index < -0.39 is 170 Å². The van der Waals surface area contributed by atoms with Crippen molar-refractivity contribution in [2.24, 2.45) is 17.4 Å². The number of aliphatic carboxylic acids is 2. The summed E-state index contributed by atoms with van der Waals surface area (Å²) in [6.07, 6.45) is -4.37. The number of carboxylic acids is 2. The molecule has 0 aliphatic rings. The Labute approximate surface area is 433 Å². The topological polar surface area (TPSA) is 515 Å². The van der Waals surface area contributed by atoms with Gasteiger partial charge in [0.05, 0.1) is 50.6 Å². The lowest BCUT2D eigenvalue weighted by molar-refractivity contribution is -0.143. The summed E-state index contributed by atoms with van der Waals surface area (Å²) < 4.78 is 0. The molecule has 12 atom stereocenters. The lowest BCUT2D eigenvalue weighted by Gasteiger charge is -2.28. The molecule has 0 radical (unpaired) electrons. The van der Waals surface area contributed by atoms with Gasteiger partial charge < -0.3 is 94.9 Å². The molecular formula is C45H67N13O18. The Hall–Kier alpha value is -8.29. The summed E-state index contributed by atoms with van der Waals surface area (Å²) in [7, 11) is 0. The number of nitrogens with two attached hydrogens (primary N) is 2. The molecule has 0 aliphatic heterocycles. The van der Waals surface area contributed by atoms with E-state index in [0.29, 0.717) is 12.0 Å². The zero-order chi connectivity index (χ0) is 57.6. The largest absolute Gasteiger partial charge is 0.508 e. The first kappa shape index (κ1) is 63.8. The molecule has 0 unspecified atom stereocenters. The standard InChI is InChI=1S/C45H67N13O18/c1-6-19(2)35(57-41(71)34(47)20(3)59)42(72)54-27(13-30(46)63)39(69)52-28(14-33(66)67)38(68)50-16-31(64)49-17-32(65)56-36(21(4)60)43(73)53-26(12-24-15-48-18-51-24)40(70)58-37(22(5)61)44(74)55-29(45(75)76)11-23-7-9-25(62)10-8-23/h7-10,15,18-22,26-29,34-37,59-62H,6,11-14,16-17,47H2,1-5H3,(H2,46,63)(H,48,51)(H,49,64)(H,50,68)(H,52,69)(H,53,73)(H,54,72)(H,55,74)(H,56,65)(H,57,71)(H,58,70)(H,66,67)(H,75,76)/t19-,20+,21+,22+,26-,27-,28-,29-,34-,35-,36-,37-/m0/s1. The van der Waals surface area contributed by atoms with Gasteiger partial charge in [-0.1, -0.05) is 32.4 Å². The summed E-state index contributed by atoms with van der Waals surface area (Å²) in [4.78, 5) is 161. The number of benzene rings is 1. The molecule has 76 heavy (non-hydrogen) atoms. The van der Waals surface area contributed by atoms with Gasteiger partial charge in [0.25, 0.3) is 0 Å². The van der Waals surface area contributed by atoms with Crippen molar-refractivity contribution in [2.45, 2.75) is 133 Å². The van der Waals surface area contributed by atoms with Gasteiger partial charge in [0.15, 0.2) is 0 Å². The maximum absolute atomic E-state index is 13.7. The van der Waals surface area contributed by atoms with Crippen LogP contribution in [-0.2, 0) is 70.4 Å². The number of phenolic OH excluding ortho intramolecular Hbond substituents is 1. The lowest BCUT2D eigenvalue weighted by atomic mass is 9.97. The van der Waals surface area contributed by atoms with Crippen LogP contribution in [0.25, 0.3) is 0 Å². The van der Waals surface area contributed by atoms with Crippen molar-refractivity contribution < 1.29 is 88.2 Å². The maximum atomic E-state index is 13.7. The minimum atomic E-state index is -1.95. The lowest BCUT2D eigenvalue weighted by Crippen LogP contribution is -2.62. The highest BCUT2D eigenvalue weighted by atomic mass is 16.4. The van der Waals surface area contributed by atoms with Gasteiger partial charge in [-0.3, -0.25) is 52.7 Å². The number of hydrogen-bond acceptors (Lipinski definition) is 18. The zero-order valence-corrected chi connectivity index (χ0v) is 42.0. The first-order valence-corrected chi connectivity index (χ1v) is 23.5. The molecule has 31 nitrogen and oxygen atoms in total. The van der Waals surface area contributed by atoms with Crippen LogP contribution in [0.4, 0.5) is 0 Å². The summed E-state index contributed by atoms with van der Waals surface area (Å²) in [6.45, 7) is 4.81. The maximum Gasteiger partial charge on any atom is 0.326 e. The van der Waals surface area contributed by atoms with Crippen molar-refractivity contribution in [1.82, 2.24) is 57.8 Å². The smallest absolute Gasteiger partial charge is 0.326 e. The highest BCUT2D eigenvalue weighted by Gasteiger charge is 2.37. The van der Waals surface area contributed by atoms with E-state index >= 15 is 0 Å². The number of rotatable bonds is 32. The van der Waals surface area contributed by atoms with E-state index in [9.17, 15) is 88.2 Å². The molecule has 0 bridgehead atoms. The second-order valence-corrected chi connectivity index (χ2v) is 17.6. The van der Waals surface area contributed by atoms with Crippen molar-refractivity contribution >= 4 is 71.0 Å². The van der Waals surface area contributed by atoms with Crippen molar-refractivity contribution in [2.75, 3.05) is 13.1 Å². The molecule has 20 N–H and O–H groups in total. The van der Waals surface area contributed by atoms with Crippen LogP contribution in [0.1, 0.15) is 65.1 Å². The molecule has 1 heterocycles. The molecule has 0 saturated heterocycles. The highest BCUT2D eigenvalue weighted by Crippen LogP contribution is 2.13. The summed E-state index contributed by atoms with van der Waals surface area (Å²) in [5.74, 6) is -15.0. The fraction of sp³-hybridized carbons (Fsp3) is 0.533. The number of aromatic hydroxyl groups is 1. The zero-order valence-electron chi connectivity index (χ0n) is 42.0. The van der Waals surface area contributed by atoms with Crippen LogP contribution in [0, 0.1) is 5.92 Å². The number of aliphatic hydroxyl groups excluding tert-OH is 3. The van der Waals surface area contributed by atoms with Crippen LogP contribution >= 0.6 is 0 Å². The number of H-pyrrole nitrogens is 1. The van der Waals surface area contributed by atoms with E-state index in [1.54, 1.807) is 13.8 Å². The number of imidazole rings is 1. The highest BCUT2D eigenvalue weighted by molar-refractivity contribution is 5.99. The van der Waals surface area contributed by atoms with E-state index in [1.165, 1.54) is 43.7 Å². The average molecular weight is 1080 g/mol. The number of aliphatic hydroxyl groups is 3. The van der Waals surface area contributed by atoms with E-state index in [1.807, 2.05) is 0 Å². The predicted octanol–water partition coefficient (Wildman–Crippen LogP) is -7.52. The molecule has 0 saturated carbocycles. The number of aromatic amines is 1. The molecule has 0 fully saturated rings. The van der Waals surface area contributed by atoms with E-state index in [2.05, 4.69) is 57.8 Å². The molecule has 1 aromatic heterocycles. The Balaban J connectivity index is 2.13. The van der Waals surface area contributed by atoms with Crippen LogP contribution in [0.5, 0.6) is 5.75 Å². The Bertz CT molecular complexity index is 2370. The Morgan fingerprint density at radius 3 is 1.59 bits per heavy atom. The van der Waals surface area contributed by atoms with Crippen LogP contribution in [0.15, 0.2) is 36.8 Å². The summed E-state index contributed by atoms with van der Waals surface area (Å²) in [5, 5.41) is 79.4. The molecule has 2 rings (SSSR count). The minimum absolute atomic E-state index is 0.0931. The Morgan fingerprint density at radius 1 is 0.579 bits per heavy atom. The number of carbonyl (C=O) groups is 12. The van der Waals surface area contributed by atoms with Crippen molar-refractivity contribution in [3.05, 3.63) is 48.0 Å². The Morgan fingerprint density at radius 2 is 1.08 bits per heavy atom. The Kier molecular flexibility index (Phi) is 25.9. The summed E-state index contributed by atoms with van der Waals surface area (Å²) >= 11 is 0. The first-order valence-electron chi connectivity index (χ1n) is 23.5. The number of primary amides is 1. The predicted molar refractivity (Wildman–Crippen MR) is 260 cm³/mol. The van der Waals surface area contributed by atoms with Crippen molar-refractivity contribution in [3.63, 3.8) is 0 Å². The van der Waals surface area contributed by atoms with Gasteiger partial charge in [-0.05, 0) is 44.4 Å². The number of carboxylic acid groups (broad SMARTS) is 2. The number of carbonyl (C=O) groups excluding carboxylic acids is 10.